The van der Waals surface area contributed by atoms with Crippen molar-refractivity contribution in [2.75, 3.05) is 20.3 Å². The highest BCUT2D eigenvalue weighted by Crippen LogP contribution is 2.44. The summed E-state index contributed by atoms with van der Waals surface area (Å²) < 4.78 is 10.5. The Kier molecular flexibility index (Phi) is 8.61. The Morgan fingerprint density at radius 3 is 2.12 bits per heavy atom. The molecule has 0 saturated carbocycles. The van der Waals surface area contributed by atoms with Gasteiger partial charge in [-0.3, -0.25) is 4.79 Å². The van der Waals surface area contributed by atoms with E-state index in [1.165, 1.54) is 14.0 Å². The second-order valence-electron chi connectivity index (χ2n) is 8.22. The number of alkyl carbamates (subject to hydrolysis) is 1. The zero-order valence-electron chi connectivity index (χ0n) is 19.2. The smallest absolute Gasteiger partial charge is 0.407 e. The maximum Gasteiger partial charge on any atom is 0.407 e. The quantitative estimate of drug-likeness (QED) is 0.370. The number of benzene rings is 2. The summed E-state index contributed by atoms with van der Waals surface area (Å²) in [5.41, 5.74) is 4.32. The van der Waals surface area contributed by atoms with Gasteiger partial charge >= 0.3 is 12.1 Å². The van der Waals surface area contributed by atoms with Gasteiger partial charge in [-0.15, -0.1) is 0 Å². The number of aliphatic carboxylic acids is 1. The summed E-state index contributed by atoms with van der Waals surface area (Å²) in [7, 11) is 1.52. The van der Waals surface area contributed by atoms with Crippen LogP contribution in [0.1, 0.15) is 36.8 Å². The first-order valence-corrected chi connectivity index (χ1v) is 11.1. The number of aliphatic hydroxyl groups is 1. The Labute approximate surface area is 198 Å². The van der Waals surface area contributed by atoms with Crippen LogP contribution in [-0.2, 0) is 19.1 Å². The molecule has 0 aromatic heterocycles. The van der Waals surface area contributed by atoms with Crippen LogP contribution in [0.15, 0.2) is 48.5 Å². The Balaban J connectivity index is 1.66. The number of hydrogen-bond acceptors (Lipinski definition) is 6. The van der Waals surface area contributed by atoms with Crippen LogP contribution in [0.5, 0.6) is 0 Å². The van der Waals surface area contributed by atoms with Gasteiger partial charge in [-0.1, -0.05) is 48.5 Å². The lowest BCUT2D eigenvalue weighted by atomic mass is 9.98. The molecule has 2 aromatic rings. The standard InChI is InChI=1S/C25H30N2O7/c1-15(28)22(24(30)31)27-23(29)21(12-7-13-33-2)26-25(32)34-14-20-18-10-5-3-8-16(18)17-9-4-6-11-19(17)20/h3-6,8-11,15,20-22,28H,7,12-14H2,1-2H3,(H,26,32)(H,27,29)(H,30,31). The number of carbonyl (C=O) groups excluding carboxylic acids is 2. The predicted octanol–water partition coefficient (Wildman–Crippen LogP) is 2.27. The summed E-state index contributed by atoms with van der Waals surface area (Å²) in [6.45, 7) is 1.70. The number of carbonyl (C=O) groups is 3. The lowest BCUT2D eigenvalue weighted by Gasteiger charge is -2.23. The zero-order valence-corrected chi connectivity index (χ0v) is 19.2. The third-order valence-electron chi connectivity index (χ3n) is 5.84. The Morgan fingerprint density at radius 1 is 1.00 bits per heavy atom. The average molecular weight is 471 g/mol. The van der Waals surface area contributed by atoms with Gasteiger partial charge in [0.25, 0.3) is 0 Å². The van der Waals surface area contributed by atoms with Crippen molar-refractivity contribution in [3.05, 3.63) is 59.7 Å². The van der Waals surface area contributed by atoms with Crippen molar-refractivity contribution < 1.29 is 34.1 Å². The van der Waals surface area contributed by atoms with Crippen LogP contribution in [0.2, 0.25) is 0 Å². The van der Waals surface area contributed by atoms with Gasteiger partial charge < -0.3 is 30.3 Å². The highest BCUT2D eigenvalue weighted by molar-refractivity contribution is 5.89. The number of rotatable bonds is 11. The second-order valence-corrected chi connectivity index (χ2v) is 8.22. The van der Waals surface area contributed by atoms with E-state index in [1.807, 2.05) is 48.5 Å². The predicted molar refractivity (Wildman–Crippen MR) is 124 cm³/mol. The minimum atomic E-state index is -1.50. The van der Waals surface area contributed by atoms with Crippen LogP contribution in [0, 0.1) is 0 Å². The van der Waals surface area contributed by atoms with Crippen LogP contribution in [-0.4, -0.2) is 66.7 Å². The van der Waals surface area contributed by atoms with Crippen molar-refractivity contribution in [3.63, 3.8) is 0 Å². The van der Waals surface area contributed by atoms with E-state index in [2.05, 4.69) is 10.6 Å². The molecule has 2 amide bonds. The van der Waals surface area contributed by atoms with Crippen molar-refractivity contribution in [2.24, 2.45) is 0 Å². The van der Waals surface area contributed by atoms with Crippen LogP contribution >= 0.6 is 0 Å². The summed E-state index contributed by atoms with van der Waals surface area (Å²) in [5.74, 6) is -2.23. The van der Waals surface area contributed by atoms with E-state index in [9.17, 15) is 24.6 Å². The molecule has 0 saturated heterocycles. The summed E-state index contributed by atoms with van der Waals surface area (Å²) in [6, 6.07) is 13.3. The normalized spacial score (nSPS) is 14.9. The van der Waals surface area contributed by atoms with E-state index >= 15 is 0 Å². The fourth-order valence-corrected chi connectivity index (χ4v) is 4.13. The van der Waals surface area contributed by atoms with Gasteiger partial charge in [0.15, 0.2) is 6.04 Å². The zero-order chi connectivity index (χ0) is 24.7. The van der Waals surface area contributed by atoms with E-state index in [4.69, 9.17) is 9.47 Å². The first kappa shape index (κ1) is 25.2. The molecule has 0 spiro atoms. The molecule has 1 aliphatic carbocycles. The first-order chi connectivity index (χ1) is 16.3. The van der Waals surface area contributed by atoms with Crippen molar-refractivity contribution in [3.8, 4) is 11.1 Å². The van der Waals surface area contributed by atoms with Crippen molar-refractivity contribution in [2.45, 2.75) is 43.9 Å². The molecule has 0 fully saturated rings. The molecular formula is C25H30N2O7. The molecule has 4 N–H and O–H groups in total. The SMILES string of the molecule is COCCCC(NC(=O)OCC1c2ccccc2-c2ccccc21)C(=O)NC(C(=O)O)C(C)O. The summed E-state index contributed by atoms with van der Waals surface area (Å²) in [6.07, 6.45) is -1.44. The van der Waals surface area contributed by atoms with Gasteiger partial charge in [-0.05, 0) is 42.0 Å². The number of fused-ring (bicyclic) bond motifs is 3. The molecule has 1 aliphatic rings. The van der Waals surface area contributed by atoms with Crippen LogP contribution < -0.4 is 10.6 Å². The number of nitrogens with one attached hydrogen (secondary N) is 2. The fraction of sp³-hybridized carbons (Fsp3) is 0.400. The number of amides is 2. The summed E-state index contributed by atoms with van der Waals surface area (Å²) in [4.78, 5) is 36.6. The number of carboxylic acids is 1. The van der Waals surface area contributed by atoms with Gasteiger partial charge in [0.1, 0.15) is 12.6 Å². The molecule has 0 radical (unpaired) electrons. The Morgan fingerprint density at radius 2 is 1.59 bits per heavy atom. The lowest BCUT2D eigenvalue weighted by Crippen LogP contribution is -2.54. The summed E-state index contributed by atoms with van der Waals surface area (Å²) in [5, 5.41) is 23.7. The highest BCUT2D eigenvalue weighted by Gasteiger charge is 2.31. The molecule has 3 unspecified atom stereocenters. The monoisotopic (exact) mass is 470 g/mol. The van der Waals surface area contributed by atoms with Gasteiger partial charge in [0.05, 0.1) is 6.10 Å². The van der Waals surface area contributed by atoms with Crippen LogP contribution in [0.4, 0.5) is 4.79 Å². The lowest BCUT2D eigenvalue weighted by molar-refractivity contribution is -0.145. The molecule has 0 heterocycles. The highest BCUT2D eigenvalue weighted by atomic mass is 16.5. The second kappa shape index (κ2) is 11.6. The van der Waals surface area contributed by atoms with Crippen molar-refractivity contribution >= 4 is 18.0 Å². The minimum Gasteiger partial charge on any atom is -0.480 e. The Bertz CT molecular complexity index is 978. The molecule has 9 nitrogen and oxygen atoms in total. The van der Waals surface area contributed by atoms with Crippen molar-refractivity contribution in [1.82, 2.24) is 10.6 Å². The molecule has 3 atom stereocenters. The topological polar surface area (TPSA) is 134 Å². The van der Waals surface area contributed by atoms with Crippen LogP contribution in [0.25, 0.3) is 11.1 Å². The fourth-order valence-electron chi connectivity index (χ4n) is 4.13. The molecule has 182 valence electrons. The van der Waals surface area contributed by atoms with E-state index in [0.717, 1.165) is 22.3 Å². The molecular weight excluding hydrogens is 440 g/mol. The molecule has 2 aromatic carbocycles. The molecule has 0 aliphatic heterocycles. The van der Waals surface area contributed by atoms with Crippen LogP contribution in [0.3, 0.4) is 0 Å². The van der Waals surface area contributed by atoms with E-state index in [0.29, 0.717) is 13.0 Å². The van der Waals surface area contributed by atoms with E-state index < -0.39 is 36.2 Å². The Hall–Kier alpha value is -3.43. The van der Waals surface area contributed by atoms with Gasteiger partial charge in [-0.2, -0.15) is 0 Å². The molecule has 9 heteroatoms. The number of carboxylic acid groups (broad SMARTS) is 1. The maximum absolute atomic E-state index is 12.7. The van der Waals surface area contributed by atoms with Crippen molar-refractivity contribution in [1.29, 1.82) is 0 Å². The number of aliphatic hydroxyl groups excluding tert-OH is 1. The largest absolute Gasteiger partial charge is 0.480 e. The molecule has 0 bridgehead atoms. The van der Waals surface area contributed by atoms with E-state index in [-0.39, 0.29) is 18.9 Å². The average Bonchev–Trinajstić information content (AvgIpc) is 3.14. The van der Waals surface area contributed by atoms with Gasteiger partial charge in [0.2, 0.25) is 5.91 Å². The third kappa shape index (κ3) is 5.92. The molecule has 3 rings (SSSR count). The molecule has 34 heavy (non-hydrogen) atoms. The number of ether oxygens (including phenoxy) is 2. The maximum atomic E-state index is 12.7. The first-order valence-electron chi connectivity index (χ1n) is 11.1. The summed E-state index contributed by atoms with van der Waals surface area (Å²) >= 11 is 0. The van der Waals surface area contributed by atoms with Gasteiger partial charge in [-0.25, -0.2) is 9.59 Å². The number of hydrogen-bond donors (Lipinski definition) is 4. The number of methoxy groups -OCH3 is 1. The van der Waals surface area contributed by atoms with Gasteiger partial charge in [0, 0.05) is 19.6 Å². The van der Waals surface area contributed by atoms with E-state index in [1.54, 1.807) is 0 Å². The minimum absolute atomic E-state index is 0.0810. The third-order valence-corrected chi connectivity index (χ3v) is 5.84.